The number of nitrogens with zero attached hydrogens (tertiary/aromatic N) is 4. The molecule has 1 rings (SSSR count). The van der Waals surface area contributed by atoms with E-state index in [9.17, 15) is 0 Å². The average molecular weight is 183 g/mol. The first-order valence-corrected chi connectivity index (χ1v) is 4.55. The molecule has 1 aromatic rings. The molecule has 1 heterocycles. The Morgan fingerprint density at radius 3 is 2.69 bits per heavy atom. The Labute approximate surface area is 78.3 Å². The number of nitrogens with two attached hydrogens (primary N) is 1. The average Bonchev–Trinajstić information content (AvgIpc) is 2.34. The van der Waals surface area contributed by atoms with Gasteiger partial charge < -0.3 is 5.73 Å². The highest BCUT2D eigenvalue weighted by Crippen LogP contribution is 2.12. The number of rotatable bonds is 4. The third-order valence-corrected chi connectivity index (χ3v) is 1.93. The number of aryl methyl sites for hydroxylation is 1. The van der Waals surface area contributed by atoms with Crippen LogP contribution in [-0.2, 0) is 13.5 Å². The highest BCUT2D eigenvalue weighted by molar-refractivity contribution is 4.91. The first-order chi connectivity index (χ1) is 6.03. The molecule has 5 nitrogen and oxygen atoms in total. The van der Waals surface area contributed by atoms with Crippen molar-refractivity contribution in [2.45, 2.75) is 38.6 Å². The fraction of sp³-hybridized carbons (Fsp3) is 0.875. The van der Waals surface area contributed by atoms with E-state index in [0.717, 1.165) is 18.7 Å². The van der Waals surface area contributed by atoms with E-state index in [4.69, 9.17) is 5.73 Å². The topological polar surface area (TPSA) is 69.6 Å². The molecule has 0 fully saturated rings. The van der Waals surface area contributed by atoms with Gasteiger partial charge in [-0.1, -0.05) is 13.3 Å². The summed E-state index contributed by atoms with van der Waals surface area (Å²) < 4.78 is 0. The fourth-order valence-electron chi connectivity index (χ4n) is 1.41. The number of aromatic nitrogens is 4. The molecule has 1 aromatic heterocycles. The summed E-state index contributed by atoms with van der Waals surface area (Å²) in [6.07, 6.45) is 2.74. The standard InChI is InChI=1S/C8H17N5/c1-4-5-8(2,9)6-7-10-12-13(3)11-7/h4-6,9H2,1-3H3. The van der Waals surface area contributed by atoms with Crippen LogP contribution < -0.4 is 5.73 Å². The van der Waals surface area contributed by atoms with Gasteiger partial charge in [0.15, 0.2) is 5.82 Å². The van der Waals surface area contributed by atoms with Crippen LogP contribution in [0.25, 0.3) is 0 Å². The van der Waals surface area contributed by atoms with Gasteiger partial charge in [-0.2, -0.15) is 4.80 Å². The van der Waals surface area contributed by atoms with Crippen molar-refractivity contribution < 1.29 is 0 Å². The molecule has 0 saturated heterocycles. The maximum absolute atomic E-state index is 6.05. The Balaban J connectivity index is 2.57. The van der Waals surface area contributed by atoms with E-state index < -0.39 is 0 Å². The van der Waals surface area contributed by atoms with Crippen LogP contribution in [0.3, 0.4) is 0 Å². The summed E-state index contributed by atoms with van der Waals surface area (Å²) in [5, 5.41) is 11.8. The van der Waals surface area contributed by atoms with Gasteiger partial charge in [0.1, 0.15) is 0 Å². The Hall–Kier alpha value is -0.970. The summed E-state index contributed by atoms with van der Waals surface area (Å²) in [5.41, 5.74) is 5.84. The molecule has 0 bridgehead atoms. The van der Waals surface area contributed by atoms with E-state index in [1.54, 1.807) is 7.05 Å². The van der Waals surface area contributed by atoms with Crippen molar-refractivity contribution in [3.63, 3.8) is 0 Å². The lowest BCUT2D eigenvalue weighted by Gasteiger charge is -2.21. The zero-order chi connectivity index (χ0) is 9.90. The largest absolute Gasteiger partial charge is 0.325 e. The summed E-state index contributed by atoms with van der Waals surface area (Å²) in [6.45, 7) is 4.14. The van der Waals surface area contributed by atoms with Crippen LogP contribution in [0.2, 0.25) is 0 Å². The summed E-state index contributed by atoms with van der Waals surface area (Å²) in [5.74, 6) is 0.723. The zero-order valence-electron chi connectivity index (χ0n) is 8.49. The summed E-state index contributed by atoms with van der Waals surface area (Å²) in [6, 6.07) is 0. The Morgan fingerprint density at radius 2 is 2.23 bits per heavy atom. The van der Waals surface area contributed by atoms with Crippen LogP contribution in [0.5, 0.6) is 0 Å². The Bertz CT molecular complexity index is 265. The van der Waals surface area contributed by atoms with E-state index in [1.807, 2.05) is 6.92 Å². The van der Waals surface area contributed by atoms with E-state index in [0.29, 0.717) is 6.42 Å². The summed E-state index contributed by atoms with van der Waals surface area (Å²) in [4.78, 5) is 1.46. The van der Waals surface area contributed by atoms with Crippen LogP contribution in [0.1, 0.15) is 32.5 Å². The van der Waals surface area contributed by atoms with Crippen LogP contribution in [0.15, 0.2) is 0 Å². The zero-order valence-corrected chi connectivity index (χ0v) is 8.49. The van der Waals surface area contributed by atoms with Crippen molar-refractivity contribution >= 4 is 0 Å². The van der Waals surface area contributed by atoms with E-state index in [-0.39, 0.29) is 5.54 Å². The lowest BCUT2D eigenvalue weighted by atomic mass is 9.93. The quantitative estimate of drug-likeness (QED) is 0.727. The summed E-state index contributed by atoms with van der Waals surface area (Å²) in [7, 11) is 1.75. The second-order valence-electron chi connectivity index (χ2n) is 3.78. The van der Waals surface area contributed by atoms with Crippen LogP contribution >= 0.6 is 0 Å². The van der Waals surface area contributed by atoms with Crippen molar-refractivity contribution in [3.8, 4) is 0 Å². The van der Waals surface area contributed by atoms with Gasteiger partial charge in [0.05, 0.1) is 7.05 Å². The van der Waals surface area contributed by atoms with Crippen molar-refractivity contribution in [2.24, 2.45) is 12.8 Å². The van der Waals surface area contributed by atoms with Crippen molar-refractivity contribution in [1.82, 2.24) is 20.2 Å². The maximum Gasteiger partial charge on any atom is 0.176 e. The SMILES string of the molecule is CCCC(C)(N)Cc1nnn(C)n1. The molecule has 0 spiro atoms. The lowest BCUT2D eigenvalue weighted by molar-refractivity contribution is 0.415. The molecular weight excluding hydrogens is 166 g/mol. The third-order valence-electron chi connectivity index (χ3n) is 1.93. The molecule has 0 amide bonds. The van der Waals surface area contributed by atoms with E-state index in [2.05, 4.69) is 22.3 Å². The first kappa shape index (κ1) is 10.1. The molecule has 0 aliphatic carbocycles. The molecule has 0 aliphatic heterocycles. The molecule has 0 aliphatic rings. The molecule has 1 atom stereocenters. The highest BCUT2D eigenvalue weighted by atomic mass is 15.6. The van der Waals surface area contributed by atoms with Crippen LogP contribution in [0, 0.1) is 0 Å². The van der Waals surface area contributed by atoms with Gasteiger partial charge in [-0.05, 0) is 18.6 Å². The van der Waals surface area contributed by atoms with Gasteiger partial charge in [-0.15, -0.1) is 10.2 Å². The molecule has 0 radical (unpaired) electrons. The number of hydrogen-bond acceptors (Lipinski definition) is 4. The Kier molecular flexibility index (Phi) is 2.98. The minimum atomic E-state index is -0.211. The maximum atomic E-state index is 6.05. The normalized spacial score (nSPS) is 15.7. The van der Waals surface area contributed by atoms with Gasteiger partial charge in [0, 0.05) is 12.0 Å². The Morgan fingerprint density at radius 1 is 1.54 bits per heavy atom. The molecule has 0 aromatic carbocycles. The van der Waals surface area contributed by atoms with Crippen LogP contribution in [-0.4, -0.2) is 25.7 Å². The van der Waals surface area contributed by atoms with Gasteiger partial charge in [-0.3, -0.25) is 0 Å². The molecule has 2 N–H and O–H groups in total. The predicted octanol–water partition coefficient (Wildman–Crippen LogP) is 0.270. The molecular formula is C8H17N5. The first-order valence-electron chi connectivity index (χ1n) is 4.55. The van der Waals surface area contributed by atoms with Crippen LogP contribution in [0.4, 0.5) is 0 Å². The monoisotopic (exact) mass is 183 g/mol. The lowest BCUT2D eigenvalue weighted by Crippen LogP contribution is -2.38. The van der Waals surface area contributed by atoms with Crippen molar-refractivity contribution in [3.05, 3.63) is 5.82 Å². The van der Waals surface area contributed by atoms with Crippen molar-refractivity contribution in [2.75, 3.05) is 0 Å². The van der Waals surface area contributed by atoms with Gasteiger partial charge in [0.2, 0.25) is 0 Å². The molecule has 5 heteroatoms. The number of hydrogen-bond donors (Lipinski definition) is 1. The van der Waals surface area contributed by atoms with Gasteiger partial charge >= 0.3 is 0 Å². The van der Waals surface area contributed by atoms with Gasteiger partial charge in [-0.25, -0.2) is 0 Å². The molecule has 1 unspecified atom stereocenters. The fourth-order valence-corrected chi connectivity index (χ4v) is 1.41. The minimum Gasteiger partial charge on any atom is -0.325 e. The molecule has 74 valence electrons. The summed E-state index contributed by atoms with van der Waals surface area (Å²) >= 11 is 0. The van der Waals surface area contributed by atoms with Gasteiger partial charge in [0.25, 0.3) is 0 Å². The predicted molar refractivity (Wildman–Crippen MR) is 50.0 cm³/mol. The second kappa shape index (κ2) is 3.83. The molecule has 13 heavy (non-hydrogen) atoms. The van der Waals surface area contributed by atoms with E-state index >= 15 is 0 Å². The minimum absolute atomic E-state index is 0.211. The third kappa shape index (κ3) is 3.10. The smallest absolute Gasteiger partial charge is 0.176 e. The highest BCUT2D eigenvalue weighted by Gasteiger charge is 2.20. The number of tetrazole rings is 1. The second-order valence-corrected chi connectivity index (χ2v) is 3.78. The van der Waals surface area contributed by atoms with E-state index in [1.165, 1.54) is 4.80 Å². The molecule has 0 saturated carbocycles. The van der Waals surface area contributed by atoms with Crippen molar-refractivity contribution in [1.29, 1.82) is 0 Å².